The lowest BCUT2D eigenvalue weighted by molar-refractivity contribution is 0.0584. The van der Waals surface area contributed by atoms with Crippen LogP contribution in [0.3, 0.4) is 0 Å². The Kier molecular flexibility index (Phi) is 7.25. The first-order chi connectivity index (χ1) is 16.7. The van der Waals surface area contributed by atoms with Crippen LogP contribution >= 0.6 is 0 Å². The van der Waals surface area contributed by atoms with Gasteiger partial charge in [-0.1, -0.05) is 91.0 Å². The number of aromatic nitrogens is 2. The van der Waals surface area contributed by atoms with E-state index in [1.807, 2.05) is 91.0 Å². The Balaban J connectivity index is 1.65. The minimum Gasteiger partial charge on any atom is -0.472 e. The molecule has 0 atom stereocenters. The molecule has 170 valence electrons. The van der Waals surface area contributed by atoms with Gasteiger partial charge in [0.1, 0.15) is 12.2 Å². The van der Waals surface area contributed by atoms with Crippen LogP contribution in [0.5, 0.6) is 5.88 Å². The van der Waals surface area contributed by atoms with Gasteiger partial charge in [0.25, 0.3) is 5.91 Å². The van der Waals surface area contributed by atoms with E-state index in [-0.39, 0.29) is 23.9 Å². The Bertz CT molecular complexity index is 1210. The van der Waals surface area contributed by atoms with Gasteiger partial charge in [-0.2, -0.15) is 4.98 Å². The van der Waals surface area contributed by atoms with Crippen LogP contribution in [0.2, 0.25) is 0 Å². The summed E-state index contributed by atoms with van der Waals surface area (Å²) in [6.07, 6.45) is 1.28. The highest BCUT2D eigenvalue weighted by atomic mass is 16.5. The second kappa shape index (κ2) is 10.9. The summed E-state index contributed by atoms with van der Waals surface area (Å²) < 4.78 is 10.6. The number of carbonyl (C=O) groups excluding carboxylic acids is 2. The van der Waals surface area contributed by atoms with E-state index >= 15 is 0 Å². The number of hydrogen-bond acceptors (Lipinski definition) is 6. The smallest absolute Gasteiger partial charge is 0.376 e. The van der Waals surface area contributed by atoms with Crippen molar-refractivity contribution in [1.29, 1.82) is 0 Å². The molecule has 0 bridgehead atoms. The molecular formula is C27H23N3O4. The molecule has 1 amide bonds. The fraction of sp³-hybridized carbons (Fsp3) is 0.111. The number of methoxy groups -OCH3 is 1. The Hall–Kier alpha value is -4.52. The van der Waals surface area contributed by atoms with E-state index in [0.717, 1.165) is 16.7 Å². The molecule has 4 aromatic rings. The molecule has 34 heavy (non-hydrogen) atoms. The van der Waals surface area contributed by atoms with Gasteiger partial charge >= 0.3 is 5.97 Å². The van der Waals surface area contributed by atoms with Gasteiger partial charge in [-0.15, -0.1) is 0 Å². The van der Waals surface area contributed by atoms with Crippen LogP contribution in [-0.2, 0) is 11.3 Å². The summed E-state index contributed by atoms with van der Waals surface area (Å²) in [4.78, 5) is 33.5. The largest absolute Gasteiger partial charge is 0.472 e. The topological polar surface area (TPSA) is 90.4 Å². The molecule has 0 unspecified atom stereocenters. The van der Waals surface area contributed by atoms with E-state index in [2.05, 4.69) is 15.3 Å². The zero-order valence-corrected chi connectivity index (χ0v) is 18.5. The lowest BCUT2D eigenvalue weighted by atomic mass is 9.98. The van der Waals surface area contributed by atoms with Gasteiger partial charge in [-0.05, 0) is 16.7 Å². The fourth-order valence-corrected chi connectivity index (χ4v) is 3.41. The van der Waals surface area contributed by atoms with Crippen LogP contribution in [-0.4, -0.2) is 29.0 Å². The van der Waals surface area contributed by atoms with E-state index in [0.29, 0.717) is 0 Å². The Labute approximate surface area is 197 Å². The molecule has 0 fully saturated rings. The van der Waals surface area contributed by atoms with Crippen LogP contribution in [0.1, 0.15) is 43.7 Å². The molecule has 0 radical (unpaired) electrons. The molecule has 7 heteroatoms. The lowest BCUT2D eigenvalue weighted by Crippen LogP contribution is -2.30. The van der Waals surface area contributed by atoms with Gasteiger partial charge in [0.15, 0.2) is 0 Å². The molecule has 1 N–H and O–H groups in total. The zero-order chi connectivity index (χ0) is 23.8. The Morgan fingerprint density at radius 3 is 1.97 bits per heavy atom. The van der Waals surface area contributed by atoms with E-state index in [1.165, 1.54) is 13.3 Å². The van der Waals surface area contributed by atoms with Crippen molar-refractivity contribution >= 4 is 11.9 Å². The number of carbonyl (C=O) groups is 2. The first kappa shape index (κ1) is 22.7. The Morgan fingerprint density at radius 1 is 0.853 bits per heavy atom. The van der Waals surface area contributed by atoms with Crippen LogP contribution in [0, 0.1) is 0 Å². The van der Waals surface area contributed by atoms with E-state index in [9.17, 15) is 9.59 Å². The molecule has 1 heterocycles. The van der Waals surface area contributed by atoms with Crippen molar-refractivity contribution in [2.75, 3.05) is 7.11 Å². The molecule has 0 spiro atoms. The van der Waals surface area contributed by atoms with Crippen molar-refractivity contribution < 1.29 is 19.1 Å². The molecule has 4 rings (SSSR count). The predicted molar refractivity (Wildman–Crippen MR) is 126 cm³/mol. The molecule has 0 saturated carbocycles. The fourth-order valence-electron chi connectivity index (χ4n) is 3.41. The number of esters is 1. The second-order valence-electron chi connectivity index (χ2n) is 7.41. The highest BCUT2D eigenvalue weighted by Gasteiger charge is 2.23. The summed E-state index contributed by atoms with van der Waals surface area (Å²) in [5, 5.41) is 3.05. The zero-order valence-electron chi connectivity index (χ0n) is 18.5. The number of amides is 1. The number of benzene rings is 3. The third kappa shape index (κ3) is 5.45. The van der Waals surface area contributed by atoms with Crippen LogP contribution < -0.4 is 10.1 Å². The summed E-state index contributed by atoms with van der Waals surface area (Å²) in [6.45, 7) is 0.166. The van der Waals surface area contributed by atoms with Crippen molar-refractivity contribution in [2.24, 2.45) is 0 Å². The van der Waals surface area contributed by atoms with Gasteiger partial charge in [-0.3, -0.25) is 4.79 Å². The lowest BCUT2D eigenvalue weighted by Gasteiger charge is -2.20. The number of ether oxygens (including phenoxy) is 2. The van der Waals surface area contributed by atoms with Crippen molar-refractivity contribution in [2.45, 2.75) is 12.6 Å². The summed E-state index contributed by atoms with van der Waals surface area (Å²) in [5.41, 5.74) is 2.83. The number of nitrogens with zero attached hydrogens (tertiary/aromatic N) is 2. The van der Waals surface area contributed by atoms with Crippen molar-refractivity contribution in [3.05, 3.63) is 125 Å². The average molecular weight is 453 g/mol. The summed E-state index contributed by atoms with van der Waals surface area (Å²) >= 11 is 0. The number of hydrogen-bond donors (Lipinski definition) is 1. The highest BCUT2D eigenvalue weighted by molar-refractivity contribution is 5.97. The van der Waals surface area contributed by atoms with Gasteiger partial charge < -0.3 is 14.8 Å². The molecular weight excluding hydrogens is 430 g/mol. The van der Waals surface area contributed by atoms with Crippen molar-refractivity contribution in [3.8, 4) is 5.88 Å². The first-order valence-electron chi connectivity index (χ1n) is 10.7. The molecule has 0 aliphatic rings. The molecule has 0 saturated heterocycles. The molecule has 0 aliphatic heterocycles. The van der Waals surface area contributed by atoms with Gasteiger partial charge in [0, 0.05) is 6.20 Å². The van der Waals surface area contributed by atoms with E-state index in [1.54, 1.807) is 0 Å². The monoisotopic (exact) mass is 453 g/mol. The van der Waals surface area contributed by atoms with Crippen LogP contribution in [0.25, 0.3) is 0 Å². The maximum Gasteiger partial charge on any atom is 0.376 e. The maximum absolute atomic E-state index is 13.4. The SMILES string of the molecule is COC(=O)c1ncc(C(=O)NC(c2ccccc2)c2ccccc2)c(OCc2ccccc2)n1. The normalized spacial score (nSPS) is 10.5. The minimum absolute atomic E-state index is 0.00312. The quantitative estimate of drug-likeness (QED) is 0.399. The summed E-state index contributed by atoms with van der Waals surface area (Å²) in [6, 6.07) is 28.3. The summed E-state index contributed by atoms with van der Waals surface area (Å²) in [5.74, 6) is -1.35. The molecule has 1 aromatic heterocycles. The molecule has 7 nitrogen and oxygen atoms in total. The van der Waals surface area contributed by atoms with Gasteiger partial charge in [-0.25, -0.2) is 9.78 Å². The van der Waals surface area contributed by atoms with E-state index in [4.69, 9.17) is 9.47 Å². The standard InChI is InChI=1S/C27H23N3O4/c1-33-27(32)24-28-17-22(26(30-24)34-18-19-11-5-2-6-12-19)25(31)29-23(20-13-7-3-8-14-20)21-15-9-4-10-16-21/h2-17,23H,18H2,1H3,(H,29,31). The van der Waals surface area contributed by atoms with Crippen molar-refractivity contribution in [1.82, 2.24) is 15.3 Å². The highest BCUT2D eigenvalue weighted by Crippen LogP contribution is 2.24. The van der Waals surface area contributed by atoms with E-state index < -0.39 is 17.9 Å². The Morgan fingerprint density at radius 2 is 1.41 bits per heavy atom. The van der Waals surface area contributed by atoms with Crippen LogP contribution in [0.15, 0.2) is 97.2 Å². The maximum atomic E-state index is 13.4. The third-order valence-corrected chi connectivity index (χ3v) is 5.13. The van der Waals surface area contributed by atoms with Gasteiger partial charge in [0.05, 0.1) is 13.2 Å². The minimum atomic E-state index is -0.719. The average Bonchev–Trinajstić information content (AvgIpc) is 2.91. The van der Waals surface area contributed by atoms with Crippen LogP contribution in [0.4, 0.5) is 0 Å². The van der Waals surface area contributed by atoms with Crippen molar-refractivity contribution in [3.63, 3.8) is 0 Å². The number of rotatable bonds is 8. The summed E-state index contributed by atoms with van der Waals surface area (Å²) in [7, 11) is 1.24. The number of nitrogens with one attached hydrogen (secondary N) is 1. The third-order valence-electron chi connectivity index (χ3n) is 5.13. The molecule has 0 aliphatic carbocycles. The predicted octanol–water partition coefficient (Wildman–Crippen LogP) is 4.36. The molecule has 3 aromatic carbocycles. The second-order valence-corrected chi connectivity index (χ2v) is 7.41. The first-order valence-corrected chi connectivity index (χ1v) is 10.7. The van der Waals surface area contributed by atoms with Gasteiger partial charge in [0.2, 0.25) is 11.7 Å².